The van der Waals surface area contributed by atoms with Gasteiger partial charge in [0.1, 0.15) is 5.82 Å². The van der Waals surface area contributed by atoms with E-state index in [0.717, 1.165) is 0 Å². The van der Waals surface area contributed by atoms with E-state index in [1.54, 1.807) is 0 Å². The van der Waals surface area contributed by atoms with Gasteiger partial charge in [0.2, 0.25) is 0 Å². The standard InChI is InChI=1S/C12H18N2O2/c1-4-11-9(7-16-12(11)15)5-10-6-13-8(2)14(10)3/h6,9,11H,4-5,7H2,1-3H3/t9-,11-/m0/s1/i1D3,3D3,5D2,6D. The van der Waals surface area contributed by atoms with E-state index in [1.165, 1.54) is 6.92 Å². The number of nitrogens with zero attached hydrogens (tertiary/aromatic N) is 2. The van der Waals surface area contributed by atoms with E-state index in [9.17, 15) is 4.79 Å². The number of aryl methyl sites for hydroxylation is 1. The summed E-state index contributed by atoms with van der Waals surface area (Å²) in [6.45, 7) is -4.31. The quantitative estimate of drug-likeness (QED) is 0.740. The maximum absolute atomic E-state index is 11.9. The highest BCUT2D eigenvalue weighted by Crippen LogP contribution is 2.28. The molecule has 0 amide bonds. The third-order valence-corrected chi connectivity index (χ3v) is 2.61. The third kappa shape index (κ3) is 1.84. The van der Waals surface area contributed by atoms with Crippen LogP contribution in [0.25, 0.3) is 0 Å². The number of esters is 1. The minimum absolute atomic E-state index is 0.0681. The lowest BCUT2D eigenvalue weighted by molar-refractivity contribution is -0.141. The molecule has 1 aromatic rings. The van der Waals surface area contributed by atoms with Gasteiger partial charge in [-0.1, -0.05) is 6.85 Å². The minimum Gasteiger partial charge on any atom is -0.465 e. The first-order valence-corrected chi connectivity index (χ1v) is 4.90. The average Bonchev–Trinajstić information content (AvgIpc) is 2.88. The van der Waals surface area contributed by atoms with Crippen molar-refractivity contribution >= 4 is 5.97 Å². The van der Waals surface area contributed by atoms with Crippen molar-refractivity contribution < 1.29 is 21.9 Å². The maximum atomic E-state index is 11.9. The van der Waals surface area contributed by atoms with Crippen molar-refractivity contribution in [3.63, 3.8) is 0 Å². The van der Waals surface area contributed by atoms with Crippen molar-refractivity contribution in [3.05, 3.63) is 17.7 Å². The lowest BCUT2D eigenvalue weighted by Gasteiger charge is -2.13. The first kappa shape index (κ1) is 4.51. The summed E-state index contributed by atoms with van der Waals surface area (Å²) in [6.07, 6.45) is -3.65. The predicted octanol–water partition coefficient (Wildman–Crippen LogP) is 1.47. The summed E-state index contributed by atoms with van der Waals surface area (Å²) in [6, 6.07) is 0. The highest BCUT2D eigenvalue weighted by molar-refractivity contribution is 5.74. The molecular formula is C12H18N2O2. The molecule has 1 aliphatic rings. The molecule has 0 radical (unpaired) electrons. The fourth-order valence-electron chi connectivity index (χ4n) is 1.60. The van der Waals surface area contributed by atoms with Crippen LogP contribution in [0.2, 0.25) is 0 Å². The van der Waals surface area contributed by atoms with Crippen LogP contribution < -0.4 is 0 Å². The Morgan fingerprint density at radius 3 is 3.50 bits per heavy atom. The van der Waals surface area contributed by atoms with E-state index >= 15 is 0 Å². The lowest BCUT2D eigenvalue weighted by Crippen LogP contribution is -2.18. The zero-order chi connectivity index (χ0) is 19.4. The summed E-state index contributed by atoms with van der Waals surface area (Å²) in [5, 5.41) is 0. The van der Waals surface area contributed by atoms with Gasteiger partial charge in [-0.2, -0.15) is 0 Å². The number of carbonyl (C=O) groups is 1. The summed E-state index contributed by atoms with van der Waals surface area (Å²) in [5.41, 5.74) is -0.510. The maximum Gasteiger partial charge on any atom is 0.309 e. The zero-order valence-corrected chi connectivity index (χ0v) is 8.78. The molecule has 0 aliphatic carbocycles. The molecule has 0 spiro atoms. The molecule has 88 valence electrons. The van der Waals surface area contributed by atoms with Gasteiger partial charge >= 0.3 is 5.97 Å². The van der Waals surface area contributed by atoms with Crippen LogP contribution in [-0.4, -0.2) is 22.1 Å². The van der Waals surface area contributed by atoms with E-state index in [0.29, 0.717) is 4.57 Å². The normalized spacial score (nSPS) is 35.6. The lowest BCUT2D eigenvalue weighted by atomic mass is 9.89. The van der Waals surface area contributed by atoms with Crippen LogP contribution in [0.1, 0.15) is 37.1 Å². The Hall–Kier alpha value is -1.32. The summed E-state index contributed by atoms with van der Waals surface area (Å²) in [4.78, 5) is 15.6. The molecule has 0 aromatic carbocycles. The molecule has 2 rings (SSSR count). The second-order valence-corrected chi connectivity index (χ2v) is 3.65. The van der Waals surface area contributed by atoms with Gasteiger partial charge in [0.15, 0.2) is 0 Å². The largest absolute Gasteiger partial charge is 0.465 e. The van der Waals surface area contributed by atoms with Gasteiger partial charge in [-0.05, 0) is 19.7 Å². The summed E-state index contributed by atoms with van der Waals surface area (Å²) in [5.74, 6) is -3.40. The van der Waals surface area contributed by atoms with E-state index in [1.807, 2.05) is 0 Å². The molecule has 1 saturated heterocycles. The first-order valence-electron chi connectivity index (χ1n) is 9.40. The molecule has 0 saturated carbocycles. The smallest absolute Gasteiger partial charge is 0.309 e. The fraction of sp³-hybridized carbons (Fsp3) is 0.667. The van der Waals surface area contributed by atoms with Crippen molar-refractivity contribution in [3.8, 4) is 0 Å². The van der Waals surface area contributed by atoms with Gasteiger partial charge in [-0.15, -0.1) is 0 Å². The Morgan fingerprint density at radius 2 is 2.75 bits per heavy atom. The highest BCUT2D eigenvalue weighted by atomic mass is 16.5. The van der Waals surface area contributed by atoms with Crippen LogP contribution in [0, 0.1) is 18.8 Å². The molecule has 16 heavy (non-hydrogen) atoms. The first-order chi connectivity index (χ1) is 11.2. The Balaban J connectivity index is 2.53. The number of carbonyl (C=O) groups excluding carboxylic acids is 1. The Kier molecular flexibility index (Phi) is 1.21. The van der Waals surface area contributed by atoms with Crippen LogP contribution in [0.5, 0.6) is 0 Å². The van der Waals surface area contributed by atoms with Gasteiger partial charge < -0.3 is 9.30 Å². The predicted molar refractivity (Wildman–Crippen MR) is 59.9 cm³/mol. The van der Waals surface area contributed by atoms with Crippen molar-refractivity contribution in [2.24, 2.45) is 18.8 Å². The monoisotopic (exact) mass is 231 g/mol. The molecular weight excluding hydrogens is 204 g/mol. The van der Waals surface area contributed by atoms with E-state index < -0.39 is 62.9 Å². The van der Waals surface area contributed by atoms with Gasteiger partial charge in [0.25, 0.3) is 0 Å². The Bertz CT molecular complexity index is 677. The molecule has 0 unspecified atom stereocenters. The minimum atomic E-state index is -2.78. The number of rotatable bonds is 3. The number of aromatic nitrogens is 2. The number of hydrogen-bond acceptors (Lipinski definition) is 3. The van der Waals surface area contributed by atoms with Gasteiger partial charge in [0, 0.05) is 35.7 Å². The molecule has 1 fully saturated rings. The SMILES string of the molecule is [2H]c1nc(C)n(C([2H])([2H])[2H])c1C([2H])([2H])[C@H]1COC(=O)[C@H]1CC([2H])([2H])[2H]. The van der Waals surface area contributed by atoms with Gasteiger partial charge in [0.05, 0.1) is 13.9 Å². The molecule has 0 N–H and O–H groups in total. The van der Waals surface area contributed by atoms with Crippen LogP contribution in [0.15, 0.2) is 6.17 Å². The molecule has 4 nitrogen and oxygen atoms in total. The van der Waals surface area contributed by atoms with Gasteiger partial charge in [-0.25, -0.2) is 4.98 Å². The topological polar surface area (TPSA) is 44.1 Å². The van der Waals surface area contributed by atoms with Crippen LogP contribution in [0.3, 0.4) is 0 Å². The summed E-state index contributed by atoms with van der Waals surface area (Å²) in [7, 11) is 0. The van der Waals surface area contributed by atoms with Crippen molar-refractivity contribution in [2.75, 3.05) is 6.61 Å². The second-order valence-electron chi connectivity index (χ2n) is 3.65. The van der Waals surface area contributed by atoms with Crippen molar-refractivity contribution in [1.82, 2.24) is 9.55 Å². The molecule has 2 atom stereocenters. The second kappa shape index (κ2) is 4.28. The van der Waals surface area contributed by atoms with Crippen molar-refractivity contribution in [2.45, 2.75) is 26.6 Å². The number of hydrogen-bond donors (Lipinski definition) is 0. The Morgan fingerprint density at radius 1 is 1.88 bits per heavy atom. The highest BCUT2D eigenvalue weighted by Gasteiger charge is 2.35. The van der Waals surface area contributed by atoms with Gasteiger partial charge in [-0.3, -0.25) is 4.79 Å². The number of cyclic esters (lactones) is 1. The fourth-order valence-corrected chi connectivity index (χ4v) is 1.60. The third-order valence-electron chi connectivity index (χ3n) is 2.61. The summed E-state index contributed by atoms with van der Waals surface area (Å²) >= 11 is 0. The van der Waals surface area contributed by atoms with E-state index in [-0.39, 0.29) is 5.82 Å². The average molecular weight is 231 g/mol. The van der Waals surface area contributed by atoms with Crippen LogP contribution >= 0.6 is 0 Å². The van der Waals surface area contributed by atoms with Crippen molar-refractivity contribution in [1.29, 1.82) is 0 Å². The van der Waals surface area contributed by atoms with E-state index in [4.69, 9.17) is 17.1 Å². The zero-order valence-electron chi connectivity index (χ0n) is 17.8. The molecule has 2 heterocycles. The number of imidazole rings is 1. The molecule has 1 aliphatic heterocycles. The summed E-state index contributed by atoms with van der Waals surface area (Å²) < 4.78 is 74.8. The molecule has 1 aromatic heterocycles. The van der Waals surface area contributed by atoms with Crippen LogP contribution in [0.4, 0.5) is 0 Å². The molecule has 4 heteroatoms. The number of ether oxygens (including phenoxy) is 1. The molecule has 0 bridgehead atoms. The van der Waals surface area contributed by atoms with Crippen LogP contribution in [-0.2, 0) is 22.9 Å². The van der Waals surface area contributed by atoms with E-state index in [2.05, 4.69) is 4.98 Å². The Labute approximate surface area is 108 Å².